The second-order valence-electron chi connectivity index (χ2n) is 5.54. The van der Waals surface area contributed by atoms with Gasteiger partial charge in [-0.3, -0.25) is 0 Å². The molecule has 1 aromatic rings. The van der Waals surface area contributed by atoms with Crippen LogP contribution in [-0.4, -0.2) is 59.9 Å². The molecule has 0 unspecified atom stereocenters. The normalized spacial score (nSPS) is 15.2. The van der Waals surface area contributed by atoms with Crippen molar-refractivity contribution >= 4 is 17.8 Å². The van der Waals surface area contributed by atoms with E-state index in [1.807, 2.05) is 25.9 Å². The fourth-order valence-electron chi connectivity index (χ4n) is 2.69. The van der Waals surface area contributed by atoms with Gasteiger partial charge in [0.05, 0.1) is 6.61 Å². The third-order valence-corrected chi connectivity index (χ3v) is 3.71. The molecule has 7 heteroatoms. The van der Waals surface area contributed by atoms with Crippen LogP contribution in [0.1, 0.15) is 32.6 Å². The quantitative estimate of drug-likeness (QED) is 0.780. The minimum absolute atomic E-state index is 0.107. The number of nitrogens with one attached hydrogen (secondary N) is 1. The smallest absolute Gasteiger partial charge is 0.232 e. The van der Waals surface area contributed by atoms with Crippen LogP contribution in [-0.2, 0) is 0 Å². The van der Waals surface area contributed by atoms with E-state index in [1.165, 1.54) is 12.8 Å². The summed E-state index contributed by atoms with van der Waals surface area (Å²) in [6, 6.07) is 0.420. The van der Waals surface area contributed by atoms with Gasteiger partial charge < -0.3 is 20.2 Å². The van der Waals surface area contributed by atoms with Crippen molar-refractivity contribution in [1.82, 2.24) is 15.0 Å². The number of anilines is 3. The summed E-state index contributed by atoms with van der Waals surface area (Å²) in [5, 5.41) is 12.5. The Hall–Kier alpha value is -1.63. The highest BCUT2D eigenvalue weighted by Crippen LogP contribution is 2.27. The molecule has 21 heavy (non-hydrogen) atoms. The zero-order valence-corrected chi connectivity index (χ0v) is 13.2. The van der Waals surface area contributed by atoms with E-state index in [0.29, 0.717) is 30.4 Å². The monoisotopic (exact) mass is 294 g/mol. The minimum Gasteiger partial charge on any atom is -0.395 e. The van der Waals surface area contributed by atoms with Crippen molar-refractivity contribution in [1.29, 1.82) is 0 Å². The van der Waals surface area contributed by atoms with Crippen molar-refractivity contribution in [2.75, 3.05) is 48.9 Å². The summed E-state index contributed by atoms with van der Waals surface area (Å²) in [5.41, 5.74) is 0. The van der Waals surface area contributed by atoms with Gasteiger partial charge in [-0.15, -0.1) is 0 Å². The second-order valence-corrected chi connectivity index (χ2v) is 5.54. The first kappa shape index (κ1) is 15.8. The molecular formula is C14H26N6O. The Kier molecular flexibility index (Phi) is 5.55. The van der Waals surface area contributed by atoms with E-state index in [9.17, 15) is 5.11 Å². The number of aliphatic hydroxyl groups is 1. The van der Waals surface area contributed by atoms with Gasteiger partial charge in [0.15, 0.2) is 0 Å². The molecule has 1 fully saturated rings. The van der Waals surface area contributed by atoms with Crippen LogP contribution >= 0.6 is 0 Å². The molecule has 0 aromatic carbocycles. The van der Waals surface area contributed by atoms with Gasteiger partial charge >= 0.3 is 0 Å². The molecule has 0 radical (unpaired) electrons. The van der Waals surface area contributed by atoms with E-state index in [2.05, 4.69) is 25.2 Å². The molecule has 1 heterocycles. The Labute approximate surface area is 126 Å². The molecule has 0 spiro atoms. The maximum absolute atomic E-state index is 9.37. The van der Waals surface area contributed by atoms with Gasteiger partial charge in [0, 0.05) is 33.2 Å². The van der Waals surface area contributed by atoms with E-state index in [1.54, 1.807) is 0 Å². The van der Waals surface area contributed by atoms with Crippen molar-refractivity contribution in [3.8, 4) is 0 Å². The zero-order valence-electron chi connectivity index (χ0n) is 13.2. The molecule has 1 aliphatic rings. The van der Waals surface area contributed by atoms with Gasteiger partial charge in [0.2, 0.25) is 17.8 Å². The van der Waals surface area contributed by atoms with Crippen LogP contribution in [0.2, 0.25) is 0 Å². The maximum atomic E-state index is 9.37. The van der Waals surface area contributed by atoms with E-state index >= 15 is 0 Å². The molecule has 0 atom stereocenters. The SMILES string of the molecule is CCNc1nc(N(C)C)nc(N(CCO)C2CCCC2)n1. The first-order chi connectivity index (χ1) is 10.2. The number of aromatic nitrogens is 3. The summed E-state index contributed by atoms with van der Waals surface area (Å²) in [4.78, 5) is 17.5. The molecule has 2 rings (SSSR count). The Bertz CT molecular complexity index is 447. The van der Waals surface area contributed by atoms with Crippen LogP contribution in [0.5, 0.6) is 0 Å². The lowest BCUT2D eigenvalue weighted by Crippen LogP contribution is -2.37. The van der Waals surface area contributed by atoms with Crippen LogP contribution in [0.15, 0.2) is 0 Å². The average Bonchev–Trinajstić information content (AvgIpc) is 2.98. The highest BCUT2D eigenvalue weighted by atomic mass is 16.3. The number of nitrogens with zero attached hydrogens (tertiary/aromatic N) is 5. The van der Waals surface area contributed by atoms with Crippen molar-refractivity contribution < 1.29 is 5.11 Å². The Morgan fingerprint density at radius 1 is 1.14 bits per heavy atom. The maximum Gasteiger partial charge on any atom is 0.232 e. The van der Waals surface area contributed by atoms with Gasteiger partial charge in [-0.2, -0.15) is 15.0 Å². The summed E-state index contributed by atoms with van der Waals surface area (Å²) in [6.45, 7) is 3.45. The molecular weight excluding hydrogens is 268 g/mol. The molecule has 0 saturated heterocycles. The van der Waals surface area contributed by atoms with Gasteiger partial charge in [-0.05, 0) is 19.8 Å². The predicted octanol–water partition coefficient (Wildman–Crippen LogP) is 1.11. The summed E-state index contributed by atoms with van der Waals surface area (Å²) in [7, 11) is 3.83. The van der Waals surface area contributed by atoms with Crippen molar-refractivity contribution in [3.05, 3.63) is 0 Å². The van der Waals surface area contributed by atoms with E-state index in [0.717, 1.165) is 19.4 Å². The molecule has 1 aliphatic carbocycles. The fourth-order valence-corrected chi connectivity index (χ4v) is 2.69. The van der Waals surface area contributed by atoms with E-state index in [-0.39, 0.29) is 6.61 Å². The Balaban J connectivity index is 2.32. The summed E-state index contributed by atoms with van der Waals surface area (Å²) in [6.07, 6.45) is 4.75. The first-order valence-electron chi connectivity index (χ1n) is 7.70. The highest BCUT2D eigenvalue weighted by molar-refractivity contribution is 5.45. The summed E-state index contributed by atoms with van der Waals surface area (Å²) < 4.78 is 0. The third kappa shape index (κ3) is 3.93. The lowest BCUT2D eigenvalue weighted by atomic mass is 10.2. The van der Waals surface area contributed by atoms with Crippen molar-refractivity contribution in [2.24, 2.45) is 0 Å². The fraction of sp³-hybridized carbons (Fsp3) is 0.786. The van der Waals surface area contributed by atoms with Gasteiger partial charge in [-0.25, -0.2) is 0 Å². The lowest BCUT2D eigenvalue weighted by Gasteiger charge is -2.29. The highest BCUT2D eigenvalue weighted by Gasteiger charge is 2.25. The van der Waals surface area contributed by atoms with Crippen LogP contribution in [0.3, 0.4) is 0 Å². The van der Waals surface area contributed by atoms with Gasteiger partial charge in [-0.1, -0.05) is 12.8 Å². The number of rotatable bonds is 7. The standard InChI is InChI=1S/C14H26N6O/c1-4-15-12-16-13(19(2)3)18-14(17-12)20(9-10-21)11-7-5-6-8-11/h11,21H,4-10H2,1-3H3,(H,15,16,17,18). The van der Waals surface area contributed by atoms with E-state index in [4.69, 9.17) is 0 Å². The molecule has 1 aromatic heterocycles. The number of hydrogen-bond donors (Lipinski definition) is 2. The van der Waals surface area contributed by atoms with Gasteiger partial charge in [0.1, 0.15) is 0 Å². The predicted molar refractivity (Wildman–Crippen MR) is 85.0 cm³/mol. The zero-order chi connectivity index (χ0) is 15.2. The molecule has 0 amide bonds. The molecule has 7 nitrogen and oxygen atoms in total. The number of aliphatic hydroxyl groups excluding tert-OH is 1. The van der Waals surface area contributed by atoms with Crippen molar-refractivity contribution in [2.45, 2.75) is 38.6 Å². The summed E-state index contributed by atoms with van der Waals surface area (Å²) in [5.74, 6) is 1.88. The van der Waals surface area contributed by atoms with Crippen molar-refractivity contribution in [3.63, 3.8) is 0 Å². The third-order valence-electron chi connectivity index (χ3n) is 3.71. The Morgan fingerprint density at radius 3 is 2.38 bits per heavy atom. The molecule has 118 valence electrons. The largest absolute Gasteiger partial charge is 0.395 e. The van der Waals surface area contributed by atoms with Crippen LogP contribution in [0.4, 0.5) is 17.8 Å². The minimum atomic E-state index is 0.107. The van der Waals surface area contributed by atoms with Gasteiger partial charge in [0.25, 0.3) is 0 Å². The average molecular weight is 294 g/mol. The first-order valence-corrected chi connectivity index (χ1v) is 7.70. The van der Waals surface area contributed by atoms with E-state index < -0.39 is 0 Å². The van der Waals surface area contributed by atoms with Crippen LogP contribution in [0.25, 0.3) is 0 Å². The summed E-state index contributed by atoms with van der Waals surface area (Å²) >= 11 is 0. The molecule has 1 saturated carbocycles. The number of hydrogen-bond acceptors (Lipinski definition) is 7. The molecule has 0 bridgehead atoms. The lowest BCUT2D eigenvalue weighted by molar-refractivity contribution is 0.296. The second kappa shape index (κ2) is 7.40. The molecule has 0 aliphatic heterocycles. The topological polar surface area (TPSA) is 77.4 Å². The van der Waals surface area contributed by atoms with Crippen LogP contribution < -0.4 is 15.1 Å². The molecule has 2 N–H and O–H groups in total. The Morgan fingerprint density at radius 2 is 1.81 bits per heavy atom. The van der Waals surface area contributed by atoms with Crippen LogP contribution in [0, 0.1) is 0 Å².